The van der Waals surface area contributed by atoms with Crippen LogP contribution in [0.15, 0.2) is 18.2 Å². The molecule has 1 heterocycles. The molecule has 0 spiro atoms. The number of esters is 1. The van der Waals surface area contributed by atoms with E-state index in [1.54, 1.807) is 32.9 Å². The van der Waals surface area contributed by atoms with Gasteiger partial charge in [-0.1, -0.05) is 6.07 Å². The standard InChI is InChI=1S/C14H19NO3/c1-10-6-5-7-11(15-10)12(16)8-9-13(17)18-14(2,3)4/h5-7H,8-9H2,1-4H3. The number of ketones is 1. The van der Waals surface area contributed by atoms with Crippen LogP contribution >= 0.6 is 0 Å². The molecule has 0 saturated heterocycles. The van der Waals surface area contributed by atoms with Crippen molar-refractivity contribution in [3.63, 3.8) is 0 Å². The molecule has 98 valence electrons. The topological polar surface area (TPSA) is 56.3 Å². The van der Waals surface area contributed by atoms with Gasteiger partial charge in [-0.05, 0) is 39.8 Å². The normalized spacial score (nSPS) is 11.1. The minimum absolute atomic E-state index is 0.0890. The number of pyridine rings is 1. The van der Waals surface area contributed by atoms with Crippen molar-refractivity contribution in [3.8, 4) is 0 Å². The Morgan fingerprint density at radius 3 is 2.44 bits per heavy atom. The molecular weight excluding hydrogens is 230 g/mol. The third-order valence-corrected chi connectivity index (χ3v) is 2.15. The van der Waals surface area contributed by atoms with Gasteiger partial charge in [0.15, 0.2) is 5.78 Å². The second kappa shape index (κ2) is 5.76. The lowest BCUT2D eigenvalue weighted by Gasteiger charge is -2.19. The molecule has 1 rings (SSSR count). The summed E-state index contributed by atoms with van der Waals surface area (Å²) in [5.74, 6) is -0.493. The number of aryl methyl sites for hydroxylation is 1. The van der Waals surface area contributed by atoms with Crippen LogP contribution in [-0.4, -0.2) is 22.3 Å². The van der Waals surface area contributed by atoms with E-state index in [4.69, 9.17) is 4.74 Å². The molecule has 0 saturated carbocycles. The fourth-order valence-electron chi connectivity index (χ4n) is 1.43. The number of nitrogens with zero attached hydrogens (tertiary/aromatic N) is 1. The summed E-state index contributed by atoms with van der Waals surface area (Å²) in [5.41, 5.74) is 0.679. The maximum Gasteiger partial charge on any atom is 0.306 e. The summed E-state index contributed by atoms with van der Waals surface area (Å²) >= 11 is 0. The molecular formula is C14H19NO3. The molecule has 4 heteroatoms. The fraction of sp³-hybridized carbons (Fsp3) is 0.500. The van der Waals surface area contributed by atoms with E-state index < -0.39 is 5.60 Å². The zero-order valence-corrected chi connectivity index (χ0v) is 11.3. The second-order valence-corrected chi connectivity index (χ2v) is 5.17. The van der Waals surface area contributed by atoms with E-state index in [0.29, 0.717) is 5.69 Å². The molecule has 0 atom stereocenters. The maximum atomic E-state index is 11.8. The van der Waals surface area contributed by atoms with E-state index in [1.807, 2.05) is 13.0 Å². The SMILES string of the molecule is Cc1cccc(C(=O)CCC(=O)OC(C)(C)C)n1. The molecule has 0 bridgehead atoms. The molecule has 1 aromatic heterocycles. The van der Waals surface area contributed by atoms with Gasteiger partial charge in [-0.3, -0.25) is 14.6 Å². The van der Waals surface area contributed by atoms with E-state index >= 15 is 0 Å². The van der Waals surface area contributed by atoms with Crippen molar-refractivity contribution in [2.45, 2.75) is 46.1 Å². The average molecular weight is 249 g/mol. The van der Waals surface area contributed by atoms with Crippen molar-refractivity contribution in [1.82, 2.24) is 4.98 Å². The zero-order chi connectivity index (χ0) is 13.8. The first-order chi connectivity index (χ1) is 8.28. The van der Waals surface area contributed by atoms with Crippen molar-refractivity contribution in [1.29, 1.82) is 0 Å². The molecule has 0 unspecified atom stereocenters. The smallest absolute Gasteiger partial charge is 0.306 e. The van der Waals surface area contributed by atoms with E-state index in [-0.39, 0.29) is 24.6 Å². The molecule has 0 N–H and O–H groups in total. The number of rotatable bonds is 4. The van der Waals surface area contributed by atoms with Crippen molar-refractivity contribution in [2.24, 2.45) is 0 Å². The van der Waals surface area contributed by atoms with Gasteiger partial charge in [0.25, 0.3) is 0 Å². The number of Topliss-reactive ketones (excluding diaryl/α,β-unsaturated/α-hetero) is 1. The summed E-state index contributed by atoms with van der Waals surface area (Å²) in [6, 6.07) is 5.26. The van der Waals surface area contributed by atoms with E-state index in [0.717, 1.165) is 5.69 Å². The first-order valence-electron chi connectivity index (χ1n) is 5.96. The number of carbonyl (C=O) groups excluding carboxylic acids is 2. The predicted octanol–water partition coefficient (Wildman–Crippen LogP) is 2.69. The van der Waals surface area contributed by atoms with E-state index in [1.165, 1.54) is 0 Å². The third kappa shape index (κ3) is 5.08. The van der Waals surface area contributed by atoms with Gasteiger partial charge in [-0.15, -0.1) is 0 Å². The van der Waals surface area contributed by atoms with Crippen molar-refractivity contribution < 1.29 is 14.3 Å². The van der Waals surface area contributed by atoms with Crippen molar-refractivity contribution in [3.05, 3.63) is 29.6 Å². The Labute approximate surface area is 107 Å². The van der Waals surface area contributed by atoms with Gasteiger partial charge in [0, 0.05) is 12.1 Å². The van der Waals surface area contributed by atoms with Crippen LogP contribution in [0.3, 0.4) is 0 Å². The van der Waals surface area contributed by atoms with Crippen LogP contribution in [0.4, 0.5) is 0 Å². The lowest BCUT2D eigenvalue weighted by molar-refractivity contribution is -0.154. The molecule has 0 amide bonds. The van der Waals surface area contributed by atoms with Crippen LogP contribution in [-0.2, 0) is 9.53 Å². The largest absolute Gasteiger partial charge is 0.460 e. The minimum atomic E-state index is -0.512. The summed E-state index contributed by atoms with van der Waals surface area (Å²) in [7, 11) is 0. The summed E-state index contributed by atoms with van der Waals surface area (Å²) in [4.78, 5) is 27.4. The van der Waals surface area contributed by atoms with Gasteiger partial charge < -0.3 is 4.74 Å². The number of hydrogen-bond acceptors (Lipinski definition) is 4. The molecule has 0 aliphatic rings. The van der Waals surface area contributed by atoms with Crippen molar-refractivity contribution >= 4 is 11.8 Å². The van der Waals surface area contributed by atoms with Gasteiger partial charge >= 0.3 is 5.97 Å². The molecule has 1 aromatic rings. The summed E-state index contributed by atoms with van der Waals surface area (Å²) in [6.07, 6.45) is 0.219. The second-order valence-electron chi connectivity index (χ2n) is 5.17. The molecule has 0 fully saturated rings. The van der Waals surface area contributed by atoms with Gasteiger partial charge in [-0.2, -0.15) is 0 Å². The van der Waals surface area contributed by atoms with Gasteiger partial charge in [0.1, 0.15) is 11.3 Å². The Morgan fingerprint density at radius 2 is 1.89 bits per heavy atom. The van der Waals surface area contributed by atoms with Gasteiger partial charge in [0.05, 0.1) is 6.42 Å². The first-order valence-corrected chi connectivity index (χ1v) is 5.96. The average Bonchev–Trinajstić information content (AvgIpc) is 2.23. The Balaban J connectivity index is 2.49. The van der Waals surface area contributed by atoms with Crippen LogP contribution in [0.25, 0.3) is 0 Å². The van der Waals surface area contributed by atoms with E-state index in [9.17, 15) is 9.59 Å². The lowest BCUT2D eigenvalue weighted by Crippen LogP contribution is -2.24. The van der Waals surface area contributed by atoms with Crippen LogP contribution in [0.2, 0.25) is 0 Å². The maximum absolute atomic E-state index is 11.8. The summed E-state index contributed by atoms with van der Waals surface area (Å²) in [6.45, 7) is 7.23. The highest BCUT2D eigenvalue weighted by Crippen LogP contribution is 2.10. The predicted molar refractivity (Wildman–Crippen MR) is 68.4 cm³/mol. The van der Waals surface area contributed by atoms with Crippen LogP contribution < -0.4 is 0 Å². The third-order valence-electron chi connectivity index (χ3n) is 2.15. The number of aromatic nitrogens is 1. The Bertz CT molecular complexity index is 447. The Hall–Kier alpha value is -1.71. The highest BCUT2D eigenvalue weighted by molar-refractivity contribution is 5.95. The summed E-state index contributed by atoms with van der Waals surface area (Å²) < 4.78 is 5.14. The Morgan fingerprint density at radius 1 is 1.22 bits per heavy atom. The molecule has 0 aliphatic heterocycles. The lowest BCUT2D eigenvalue weighted by atomic mass is 10.1. The highest BCUT2D eigenvalue weighted by Gasteiger charge is 2.17. The molecule has 4 nitrogen and oxygen atoms in total. The highest BCUT2D eigenvalue weighted by atomic mass is 16.6. The van der Waals surface area contributed by atoms with Crippen LogP contribution in [0, 0.1) is 6.92 Å². The van der Waals surface area contributed by atoms with Gasteiger partial charge in [0.2, 0.25) is 0 Å². The Kier molecular flexibility index (Phi) is 4.59. The van der Waals surface area contributed by atoms with Crippen LogP contribution in [0.5, 0.6) is 0 Å². The summed E-state index contributed by atoms with van der Waals surface area (Å²) in [5, 5.41) is 0. The number of ether oxygens (including phenoxy) is 1. The minimum Gasteiger partial charge on any atom is -0.460 e. The molecule has 0 aromatic carbocycles. The zero-order valence-electron chi connectivity index (χ0n) is 11.3. The number of carbonyl (C=O) groups is 2. The van der Waals surface area contributed by atoms with Gasteiger partial charge in [-0.25, -0.2) is 0 Å². The fourth-order valence-corrected chi connectivity index (χ4v) is 1.43. The molecule has 0 aliphatic carbocycles. The monoisotopic (exact) mass is 249 g/mol. The quantitative estimate of drug-likeness (QED) is 0.608. The molecule has 0 radical (unpaired) electrons. The first kappa shape index (κ1) is 14.4. The van der Waals surface area contributed by atoms with Crippen molar-refractivity contribution in [2.75, 3.05) is 0 Å². The van der Waals surface area contributed by atoms with Crippen LogP contribution in [0.1, 0.15) is 49.8 Å². The molecule has 18 heavy (non-hydrogen) atoms. The number of hydrogen-bond donors (Lipinski definition) is 0. The van der Waals surface area contributed by atoms with E-state index in [2.05, 4.69) is 4.98 Å².